The second kappa shape index (κ2) is 5.07. The number of hydrogen-bond acceptors (Lipinski definition) is 3. The van der Waals surface area contributed by atoms with E-state index in [1.54, 1.807) is 4.90 Å². The molecule has 2 N–H and O–H groups in total. The van der Waals surface area contributed by atoms with Gasteiger partial charge in [0.1, 0.15) is 0 Å². The Morgan fingerprint density at radius 1 is 1.54 bits per heavy atom. The first-order valence-corrected chi connectivity index (χ1v) is 4.89. The van der Waals surface area contributed by atoms with E-state index in [1.165, 1.54) is 0 Å². The minimum absolute atomic E-state index is 0.182. The molecule has 0 aromatic heterocycles. The van der Waals surface area contributed by atoms with Crippen molar-refractivity contribution in [3.63, 3.8) is 0 Å². The fraction of sp³-hybridized carbons (Fsp3) is 0.889. The van der Waals surface area contributed by atoms with E-state index in [2.05, 4.69) is 0 Å². The highest BCUT2D eigenvalue weighted by molar-refractivity contribution is 5.67. The first kappa shape index (κ1) is 10.3. The molecule has 0 atom stereocenters. The van der Waals surface area contributed by atoms with Crippen LogP contribution in [-0.2, 0) is 4.74 Å². The molecule has 0 aromatic carbocycles. The molecule has 76 valence electrons. The first-order valence-electron chi connectivity index (χ1n) is 4.89. The normalized spacial score (nSPS) is 18.8. The van der Waals surface area contributed by atoms with Crippen LogP contribution >= 0.6 is 0 Å². The van der Waals surface area contributed by atoms with Gasteiger partial charge in [0.25, 0.3) is 0 Å². The van der Waals surface area contributed by atoms with Crippen molar-refractivity contribution in [2.75, 3.05) is 26.2 Å². The van der Waals surface area contributed by atoms with Gasteiger partial charge >= 0.3 is 6.09 Å². The summed E-state index contributed by atoms with van der Waals surface area (Å²) in [4.78, 5) is 13.0. The zero-order valence-corrected chi connectivity index (χ0v) is 8.16. The van der Waals surface area contributed by atoms with Crippen molar-refractivity contribution in [3.8, 4) is 0 Å². The lowest BCUT2D eigenvalue weighted by atomic mass is 9.97. The number of piperidine rings is 1. The molecular formula is C9H18N2O2. The van der Waals surface area contributed by atoms with Gasteiger partial charge in [0.05, 0.1) is 6.61 Å². The fourth-order valence-electron chi connectivity index (χ4n) is 1.57. The number of nitrogens with zero attached hydrogens (tertiary/aromatic N) is 1. The van der Waals surface area contributed by atoms with Crippen molar-refractivity contribution in [1.29, 1.82) is 0 Å². The van der Waals surface area contributed by atoms with Gasteiger partial charge in [-0.1, -0.05) is 0 Å². The molecule has 0 aromatic rings. The maximum atomic E-state index is 11.3. The predicted octanol–water partition coefficient (Wildman–Crippen LogP) is 0.814. The van der Waals surface area contributed by atoms with Gasteiger partial charge in [-0.2, -0.15) is 0 Å². The Bertz CT molecular complexity index is 165. The molecule has 1 aliphatic rings. The van der Waals surface area contributed by atoms with Crippen molar-refractivity contribution in [1.82, 2.24) is 4.90 Å². The number of rotatable bonds is 2. The Hall–Kier alpha value is -0.770. The van der Waals surface area contributed by atoms with Gasteiger partial charge < -0.3 is 15.4 Å². The van der Waals surface area contributed by atoms with Crippen molar-refractivity contribution < 1.29 is 9.53 Å². The van der Waals surface area contributed by atoms with E-state index in [0.717, 1.165) is 32.5 Å². The second-order valence-electron chi connectivity index (χ2n) is 3.37. The molecule has 13 heavy (non-hydrogen) atoms. The van der Waals surface area contributed by atoms with Crippen molar-refractivity contribution in [2.45, 2.75) is 19.8 Å². The summed E-state index contributed by atoms with van der Waals surface area (Å²) in [5.74, 6) is 0.589. The van der Waals surface area contributed by atoms with Crippen LogP contribution in [0.5, 0.6) is 0 Å². The lowest BCUT2D eigenvalue weighted by Gasteiger charge is -2.30. The van der Waals surface area contributed by atoms with Gasteiger partial charge in [0.2, 0.25) is 0 Å². The van der Waals surface area contributed by atoms with Crippen LogP contribution in [0.1, 0.15) is 19.8 Å². The largest absolute Gasteiger partial charge is 0.450 e. The molecule has 1 saturated heterocycles. The molecular weight excluding hydrogens is 168 g/mol. The molecule has 1 fully saturated rings. The zero-order valence-electron chi connectivity index (χ0n) is 8.16. The quantitative estimate of drug-likeness (QED) is 0.694. The average molecular weight is 186 g/mol. The second-order valence-corrected chi connectivity index (χ2v) is 3.37. The van der Waals surface area contributed by atoms with Gasteiger partial charge in [-0.25, -0.2) is 4.79 Å². The highest BCUT2D eigenvalue weighted by Crippen LogP contribution is 2.16. The van der Waals surface area contributed by atoms with E-state index < -0.39 is 0 Å². The number of nitrogens with two attached hydrogens (primary N) is 1. The third-order valence-electron chi connectivity index (χ3n) is 2.47. The highest BCUT2D eigenvalue weighted by Gasteiger charge is 2.22. The van der Waals surface area contributed by atoms with E-state index in [-0.39, 0.29) is 6.09 Å². The Labute approximate surface area is 79.0 Å². The zero-order chi connectivity index (χ0) is 9.68. The maximum absolute atomic E-state index is 11.3. The van der Waals surface area contributed by atoms with Crippen LogP contribution in [0.15, 0.2) is 0 Å². The lowest BCUT2D eigenvalue weighted by molar-refractivity contribution is 0.0925. The van der Waals surface area contributed by atoms with Crippen molar-refractivity contribution >= 4 is 6.09 Å². The highest BCUT2D eigenvalue weighted by atomic mass is 16.6. The molecule has 0 unspecified atom stereocenters. The number of amides is 1. The number of likely N-dealkylation sites (tertiary alicyclic amines) is 1. The Kier molecular flexibility index (Phi) is 4.02. The minimum Gasteiger partial charge on any atom is -0.450 e. The predicted molar refractivity (Wildman–Crippen MR) is 50.4 cm³/mol. The van der Waals surface area contributed by atoms with E-state index in [1.807, 2.05) is 6.92 Å². The summed E-state index contributed by atoms with van der Waals surface area (Å²) in [6, 6.07) is 0. The summed E-state index contributed by atoms with van der Waals surface area (Å²) in [5, 5.41) is 0. The monoisotopic (exact) mass is 186 g/mol. The standard InChI is InChI=1S/C9H18N2O2/c1-2-13-9(12)11-5-3-8(7-10)4-6-11/h8H,2-7,10H2,1H3. The van der Waals surface area contributed by atoms with Crippen LogP contribution in [0.4, 0.5) is 4.79 Å². The number of carbonyl (C=O) groups is 1. The smallest absolute Gasteiger partial charge is 0.409 e. The van der Waals surface area contributed by atoms with Gasteiger partial charge in [0, 0.05) is 13.1 Å². The number of carbonyl (C=O) groups excluding carboxylic acids is 1. The molecule has 1 heterocycles. The molecule has 4 nitrogen and oxygen atoms in total. The van der Waals surface area contributed by atoms with Crippen molar-refractivity contribution in [2.24, 2.45) is 11.7 Å². The van der Waals surface area contributed by atoms with E-state index in [4.69, 9.17) is 10.5 Å². The molecule has 0 saturated carbocycles. The third kappa shape index (κ3) is 2.88. The van der Waals surface area contributed by atoms with Crippen LogP contribution in [0.25, 0.3) is 0 Å². The molecule has 4 heteroatoms. The van der Waals surface area contributed by atoms with Crippen LogP contribution in [0, 0.1) is 5.92 Å². The Morgan fingerprint density at radius 3 is 2.62 bits per heavy atom. The molecule has 1 aliphatic heterocycles. The molecule has 1 amide bonds. The summed E-state index contributed by atoms with van der Waals surface area (Å²) in [6.07, 6.45) is 1.84. The molecule has 0 bridgehead atoms. The van der Waals surface area contributed by atoms with Crippen molar-refractivity contribution in [3.05, 3.63) is 0 Å². The number of ether oxygens (including phenoxy) is 1. The Balaban J connectivity index is 2.28. The first-order chi connectivity index (χ1) is 6.27. The summed E-state index contributed by atoms with van der Waals surface area (Å²) >= 11 is 0. The minimum atomic E-state index is -0.182. The summed E-state index contributed by atoms with van der Waals surface area (Å²) in [6.45, 7) is 4.60. The van der Waals surface area contributed by atoms with E-state index in [0.29, 0.717) is 12.5 Å². The number of hydrogen-bond donors (Lipinski definition) is 1. The van der Waals surface area contributed by atoms with Crippen LogP contribution < -0.4 is 5.73 Å². The Morgan fingerprint density at radius 2 is 2.15 bits per heavy atom. The van der Waals surface area contributed by atoms with Gasteiger partial charge in [-0.05, 0) is 32.2 Å². The summed E-state index contributed by atoms with van der Waals surface area (Å²) in [5.41, 5.74) is 5.55. The molecule has 0 aliphatic carbocycles. The maximum Gasteiger partial charge on any atom is 0.409 e. The van der Waals surface area contributed by atoms with E-state index in [9.17, 15) is 4.79 Å². The van der Waals surface area contributed by atoms with Crippen LogP contribution in [-0.4, -0.2) is 37.2 Å². The van der Waals surface area contributed by atoms with Crippen LogP contribution in [0.3, 0.4) is 0 Å². The summed E-state index contributed by atoms with van der Waals surface area (Å²) < 4.78 is 4.91. The van der Waals surface area contributed by atoms with E-state index >= 15 is 0 Å². The fourth-order valence-corrected chi connectivity index (χ4v) is 1.57. The third-order valence-corrected chi connectivity index (χ3v) is 2.47. The van der Waals surface area contributed by atoms with Gasteiger partial charge in [-0.15, -0.1) is 0 Å². The molecule has 0 radical (unpaired) electrons. The SMILES string of the molecule is CCOC(=O)N1CCC(CN)CC1. The lowest BCUT2D eigenvalue weighted by Crippen LogP contribution is -2.40. The average Bonchev–Trinajstić information content (AvgIpc) is 2.18. The van der Waals surface area contributed by atoms with Gasteiger partial charge in [0.15, 0.2) is 0 Å². The van der Waals surface area contributed by atoms with Crippen LogP contribution in [0.2, 0.25) is 0 Å². The molecule has 1 rings (SSSR count). The van der Waals surface area contributed by atoms with Gasteiger partial charge in [-0.3, -0.25) is 0 Å². The topological polar surface area (TPSA) is 55.6 Å². The summed E-state index contributed by atoms with van der Waals surface area (Å²) in [7, 11) is 0. The molecule has 0 spiro atoms.